The number of para-hydroxylation sites is 1. The number of piperidine rings is 1. The lowest BCUT2D eigenvalue weighted by Gasteiger charge is -2.31. The molecule has 0 spiro atoms. The number of amides is 1. The summed E-state index contributed by atoms with van der Waals surface area (Å²) < 4.78 is 4.12. The van der Waals surface area contributed by atoms with E-state index < -0.39 is 0 Å². The average molecular weight is 440 g/mol. The normalized spacial score (nSPS) is 14.9. The van der Waals surface area contributed by atoms with Gasteiger partial charge in [-0.3, -0.25) is 9.69 Å². The Hall–Kier alpha value is -3.64. The summed E-state index contributed by atoms with van der Waals surface area (Å²) in [6.07, 6.45) is 7.81. The molecule has 2 aromatic heterocycles. The minimum absolute atomic E-state index is 0.0542. The van der Waals surface area contributed by atoms with Crippen LogP contribution < -0.4 is 5.32 Å². The fourth-order valence-corrected chi connectivity index (χ4v) is 4.47. The van der Waals surface area contributed by atoms with Crippen molar-refractivity contribution in [3.05, 3.63) is 96.4 Å². The maximum Gasteiger partial charge on any atom is 0.227 e. The van der Waals surface area contributed by atoms with Gasteiger partial charge in [0.05, 0.1) is 11.9 Å². The summed E-state index contributed by atoms with van der Waals surface area (Å²) >= 11 is 0. The number of nitrogens with zero attached hydrogens (tertiary/aromatic N) is 4. The highest BCUT2D eigenvalue weighted by atomic mass is 16.1. The van der Waals surface area contributed by atoms with Gasteiger partial charge in [-0.15, -0.1) is 0 Å². The number of hydrogen-bond donors (Lipinski definition) is 1. The number of anilines is 1. The van der Waals surface area contributed by atoms with Crippen molar-refractivity contribution in [2.45, 2.75) is 26.3 Å². The maximum atomic E-state index is 12.7. The van der Waals surface area contributed by atoms with Crippen LogP contribution in [-0.2, 0) is 11.3 Å². The molecule has 33 heavy (non-hydrogen) atoms. The highest BCUT2D eigenvalue weighted by molar-refractivity contribution is 5.92. The summed E-state index contributed by atoms with van der Waals surface area (Å²) in [6, 6.07) is 22.3. The number of aromatic nitrogens is 3. The zero-order valence-corrected chi connectivity index (χ0v) is 18.9. The molecular weight excluding hydrogens is 410 g/mol. The first kappa shape index (κ1) is 21.2. The predicted molar refractivity (Wildman–Crippen MR) is 131 cm³/mol. The molecule has 1 amide bonds. The summed E-state index contributed by atoms with van der Waals surface area (Å²) in [6.45, 7) is 4.65. The van der Waals surface area contributed by atoms with Crippen LogP contribution in [0.15, 0.2) is 85.3 Å². The van der Waals surface area contributed by atoms with E-state index in [2.05, 4.69) is 39.3 Å². The van der Waals surface area contributed by atoms with Gasteiger partial charge in [0.15, 0.2) is 0 Å². The van der Waals surface area contributed by atoms with Crippen LogP contribution in [0.2, 0.25) is 0 Å². The Labute approximate surface area is 194 Å². The van der Waals surface area contributed by atoms with E-state index in [9.17, 15) is 4.79 Å². The van der Waals surface area contributed by atoms with Crippen LogP contribution >= 0.6 is 0 Å². The fraction of sp³-hybridized carbons (Fsp3) is 0.259. The van der Waals surface area contributed by atoms with Gasteiger partial charge in [-0.2, -0.15) is 5.10 Å². The molecule has 168 valence electrons. The van der Waals surface area contributed by atoms with E-state index in [4.69, 9.17) is 5.10 Å². The maximum absolute atomic E-state index is 12.7. The standard InChI is InChI=1S/C27H29N5O/c1-21-9-11-24(12-10-21)29-26(33)22-13-17-30(18-14-22)20-23-19-28-32(25-7-3-2-4-8-25)27(23)31-15-5-6-16-31/h2-12,15-16,19,22H,13-14,17-18,20H2,1H3,(H,29,33). The molecule has 5 rings (SSSR count). The van der Waals surface area contributed by atoms with E-state index in [1.165, 1.54) is 11.1 Å². The topological polar surface area (TPSA) is 55.1 Å². The van der Waals surface area contributed by atoms with Crippen molar-refractivity contribution in [3.8, 4) is 11.5 Å². The second-order valence-electron chi connectivity index (χ2n) is 8.74. The van der Waals surface area contributed by atoms with Crippen LogP contribution in [0.3, 0.4) is 0 Å². The molecule has 1 N–H and O–H groups in total. The molecule has 0 radical (unpaired) electrons. The molecule has 1 aliphatic rings. The summed E-state index contributed by atoms with van der Waals surface area (Å²) in [5, 5.41) is 7.79. The van der Waals surface area contributed by atoms with Crippen molar-refractivity contribution in [1.29, 1.82) is 0 Å². The van der Waals surface area contributed by atoms with Gasteiger partial charge in [-0.25, -0.2) is 4.68 Å². The number of nitrogens with one attached hydrogen (secondary N) is 1. The third-order valence-electron chi connectivity index (χ3n) is 6.34. The second-order valence-corrected chi connectivity index (χ2v) is 8.74. The van der Waals surface area contributed by atoms with Gasteiger partial charge in [0.25, 0.3) is 0 Å². The Kier molecular flexibility index (Phi) is 6.09. The summed E-state index contributed by atoms with van der Waals surface area (Å²) in [5.41, 5.74) is 4.28. The van der Waals surface area contributed by atoms with Crippen molar-refractivity contribution in [1.82, 2.24) is 19.2 Å². The first-order chi connectivity index (χ1) is 16.2. The quantitative estimate of drug-likeness (QED) is 0.469. The molecular formula is C27H29N5O. The Bertz CT molecular complexity index is 1190. The molecule has 1 saturated heterocycles. The number of hydrogen-bond acceptors (Lipinski definition) is 3. The average Bonchev–Trinajstić information content (AvgIpc) is 3.51. The van der Waals surface area contributed by atoms with Crippen molar-refractivity contribution >= 4 is 11.6 Å². The zero-order chi connectivity index (χ0) is 22.6. The molecule has 0 saturated carbocycles. The molecule has 0 bridgehead atoms. The van der Waals surface area contributed by atoms with Crippen LogP contribution in [0.25, 0.3) is 11.5 Å². The Morgan fingerprint density at radius 2 is 1.67 bits per heavy atom. The van der Waals surface area contributed by atoms with Crippen molar-refractivity contribution in [2.24, 2.45) is 5.92 Å². The number of carbonyl (C=O) groups excluding carboxylic acids is 1. The minimum Gasteiger partial charge on any atom is -0.326 e. The lowest BCUT2D eigenvalue weighted by Crippen LogP contribution is -2.37. The van der Waals surface area contributed by atoms with Gasteiger partial charge in [0, 0.05) is 36.1 Å². The van der Waals surface area contributed by atoms with Gasteiger partial charge in [0.2, 0.25) is 5.91 Å². The molecule has 0 unspecified atom stereocenters. The van der Waals surface area contributed by atoms with Gasteiger partial charge in [-0.05, 0) is 69.3 Å². The monoisotopic (exact) mass is 439 g/mol. The fourth-order valence-electron chi connectivity index (χ4n) is 4.47. The van der Waals surface area contributed by atoms with Gasteiger partial charge < -0.3 is 9.88 Å². The molecule has 3 heterocycles. The third-order valence-corrected chi connectivity index (χ3v) is 6.34. The number of likely N-dealkylation sites (tertiary alicyclic amines) is 1. The highest BCUT2D eigenvalue weighted by Crippen LogP contribution is 2.25. The number of aryl methyl sites for hydroxylation is 1. The molecule has 0 atom stereocenters. The second kappa shape index (κ2) is 9.46. The van der Waals surface area contributed by atoms with Crippen LogP contribution in [0, 0.1) is 12.8 Å². The van der Waals surface area contributed by atoms with E-state index in [0.717, 1.165) is 49.7 Å². The van der Waals surface area contributed by atoms with Gasteiger partial charge >= 0.3 is 0 Å². The first-order valence-electron chi connectivity index (χ1n) is 11.5. The van der Waals surface area contributed by atoms with Crippen LogP contribution in [0.1, 0.15) is 24.0 Å². The summed E-state index contributed by atoms with van der Waals surface area (Å²) in [5.74, 6) is 1.24. The lowest BCUT2D eigenvalue weighted by molar-refractivity contribution is -0.121. The Morgan fingerprint density at radius 1 is 0.970 bits per heavy atom. The van der Waals surface area contributed by atoms with Crippen LogP contribution in [0.4, 0.5) is 5.69 Å². The Balaban J connectivity index is 1.26. The van der Waals surface area contributed by atoms with E-state index in [0.29, 0.717) is 0 Å². The Morgan fingerprint density at radius 3 is 2.36 bits per heavy atom. The number of rotatable bonds is 6. The molecule has 6 heteroatoms. The van der Waals surface area contributed by atoms with Crippen molar-refractivity contribution in [2.75, 3.05) is 18.4 Å². The highest BCUT2D eigenvalue weighted by Gasteiger charge is 2.26. The molecule has 2 aromatic carbocycles. The zero-order valence-electron chi connectivity index (χ0n) is 18.9. The van der Waals surface area contributed by atoms with E-state index >= 15 is 0 Å². The molecule has 0 aliphatic carbocycles. The molecule has 1 aliphatic heterocycles. The summed E-state index contributed by atoms with van der Waals surface area (Å²) in [4.78, 5) is 15.2. The minimum atomic E-state index is 0.0542. The smallest absolute Gasteiger partial charge is 0.227 e. The SMILES string of the molecule is Cc1ccc(NC(=O)C2CCN(Cc3cnn(-c4ccccc4)c3-n3cccc3)CC2)cc1. The van der Waals surface area contributed by atoms with E-state index in [1.54, 1.807) is 0 Å². The summed E-state index contributed by atoms with van der Waals surface area (Å²) in [7, 11) is 0. The van der Waals surface area contributed by atoms with Crippen LogP contribution in [0.5, 0.6) is 0 Å². The number of benzene rings is 2. The molecule has 6 nitrogen and oxygen atoms in total. The van der Waals surface area contributed by atoms with Gasteiger partial charge in [-0.1, -0.05) is 35.9 Å². The van der Waals surface area contributed by atoms with Crippen LogP contribution in [-0.4, -0.2) is 38.2 Å². The third kappa shape index (κ3) is 4.76. The predicted octanol–water partition coefficient (Wildman–Crippen LogP) is 4.82. The van der Waals surface area contributed by atoms with E-state index in [-0.39, 0.29) is 11.8 Å². The van der Waals surface area contributed by atoms with E-state index in [1.807, 2.05) is 72.4 Å². The largest absolute Gasteiger partial charge is 0.326 e. The van der Waals surface area contributed by atoms with Crippen molar-refractivity contribution < 1.29 is 4.79 Å². The molecule has 4 aromatic rings. The number of carbonyl (C=O) groups is 1. The first-order valence-corrected chi connectivity index (χ1v) is 11.5. The molecule has 1 fully saturated rings. The van der Waals surface area contributed by atoms with Gasteiger partial charge in [0.1, 0.15) is 5.82 Å². The van der Waals surface area contributed by atoms with Crippen molar-refractivity contribution in [3.63, 3.8) is 0 Å². The lowest BCUT2D eigenvalue weighted by atomic mass is 9.95.